The van der Waals surface area contributed by atoms with Gasteiger partial charge in [0, 0.05) is 37.2 Å². The van der Waals surface area contributed by atoms with Gasteiger partial charge in [-0.25, -0.2) is 4.98 Å². The summed E-state index contributed by atoms with van der Waals surface area (Å²) in [6.45, 7) is 7.25. The third-order valence-corrected chi connectivity index (χ3v) is 4.32. The Kier molecular flexibility index (Phi) is 4.78. The summed E-state index contributed by atoms with van der Waals surface area (Å²) in [6.07, 6.45) is 0. The van der Waals surface area contributed by atoms with Gasteiger partial charge in [0.25, 0.3) is 0 Å². The first-order valence-corrected chi connectivity index (χ1v) is 7.72. The molecule has 1 aromatic heterocycles. The minimum atomic E-state index is 0.286. The van der Waals surface area contributed by atoms with Crippen LogP contribution in [0.25, 0.3) is 0 Å². The molecule has 0 aliphatic heterocycles. The van der Waals surface area contributed by atoms with E-state index in [9.17, 15) is 0 Å². The lowest BCUT2D eigenvalue weighted by molar-refractivity contribution is 0.561. The molecule has 1 unspecified atom stereocenters. The number of rotatable bonds is 5. The highest BCUT2D eigenvalue weighted by molar-refractivity contribution is 7.11. The van der Waals surface area contributed by atoms with E-state index in [4.69, 9.17) is 0 Å². The van der Waals surface area contributed by atoms with Crippen LogP contribution in [0.2, 0.25) is 0 Å². The quantitative estimate of drug-likeness (QED) is 0.910. The van der Waals surface area contributed by atoms with Gasteiger partial charge >= 0.3 is 0 Å². The molecule has 1 N–H and O–H groups in total. The highest BCUT2D eigenvalue weighted by Crippen LogP contribution is 2.22. The minimum Gasteiger partial charge on any atom is -0.378 e. The van der Waals surface area contributed by atoms with E-state index in [1.807, 2.05) is 0 Å². The maximum Gasteiger partial charge on any atom is 0.0900 e. The first-order chi connectivity index (χ1) is 9.47. The fourth-order valence-electron chi connectivity index (χ4n) is 2.23. The van der Waals surface area contributed by atoms with Crippen molar-refractivity contribution in [1.82, 2.24) is 10.3 Å². The molecule has 1 heterocycles. The molecule has 0 bridgehead atoms. The van der Waals surface area contributed by atoms with Crippen LogP contribution in [0, 0.1) is 13.8 Å². The Balaban J connectivity index is 1.96. The summed E-state index contributed by atoms with van der Waals surface area (Å²) in [7, 11) is 4.12. The Labute approximate surface area is 125 Å². The number of thiazole rings is 1. The van der Waals surface area contributed by atoms with Crippen LogP contribution in [0.4, 0.5) is 5.69 Å². The van der Waals surface area contributed by atoms with E-state index in [1.54, 1.807) is 11.3 Å². The van der Waals surface area contributed by atoms with Crippen LogP contribution in [0.15, 0.2) is 24.3 Å². The molecule has 0 amide bonds. The number of benzene rings is 1. The predicted octanol–water partition coefficient (Wildman–Crippen LogP) is 3.68. The fraction of sp³-hybridized carbons (Fsp3) is 0.438. The van der Waals surface area contributed by atoms with E-state index in [2.05, 4.69) is 74.3 Å². The number of aryl methyl sites for hydroxylation is 2. The second kappa shape index (κ2) is 6.37. The van der Waals surface area contributed by atoms with Crippen molar-refractivity contribution < 1.29 is 0 Å². The van der Waals surface area contributed by atoms with Gasteiger partial charge in [-0.3, -0.25) is 0 Å². The summed E-state index contributed by atoms with van der Waals surface area (Å²) >= 11 is 1.77. The van der Waals surface area contributed by atoms with Crippen LogP contribution in [-0.2, 0) is 6.54 Å². The third kappa shape index (κ3) is 3.58. The van der Waals surface area contributed by atoms with Gasteiger partial charge in [-0.1, -0.05) is 12.1 Å². The van der Waals surface area contributed by atoms with Crippen LogP contribution in [0.5, 0.6) is 0 Å². The molecule has 0 spiro atoms. The molecule has 0 aliphatic rings. The van der Waals surface area contributed by atoms with Crippen molar-refractivity contribution in [3.63, 3.8) is 0 Å². The number of anilines is 1. The van der Waals surface area contributed by atoms with E-state index in [-0.39, 0.29) is 6.04 Å². The van der Waals surface area contributed by atoms with E-state index < -0.39 is 0 Å². The second-order valence-electron chi connectivity index (χ2n) is 5.34. The van der Waals surface area contributed by atoms with Crippen molar-refractivity contribution >= 4 is 17.0 Å². The first-order valence-electron chi connectivity index (χ1n) is 6.91. The molecule has 2 rings (SSSR count). The maximum absolute atomic E-state index is 4.61. The molecule has 108 valence electrons. The number of hydrogen-bond donors (Lipinski definition) is 1. The molecule has 1 aromatic carbocycles. The predicted molar refractivity (Wildman–Crippen MR) is 87.6 cm³/mol. The summed E-state index contributed by atoms with van der Waals surface area (Å²) in [6, 6.07) is 8.94. The van der Waals surface area contributed by atoms with E-state index in [1.165, 1.54) is 21.8 Å². The van der Waals surface area contributed by atoms with Gasteiger partial charge in [0.15, 0.2) is 0 Å². The zero-order valence-electron chi connectivity index (χ0n) is 12.9. The number of nitrogens with one attached hydrogen (secondary N) is 1. The molecule has 0 saturated carbocycles. The normalized spacial score (nSPS) is 12.4. The summed E-state index contributed by atoms with van der Waals surface area (Å²) in [5, 5.41) is 4.69. The van der Waals surface area contributed by atoms with Gasteiger partial charge in [-0.05, 0) is 38.5 Å². The Morgan fingerprint density at radius 2 is 1.85 bits per heavy atom. The number of nitrogens with zero attached hydrogens (tertiary/aromatic N) is 2. The van der Waals surface area contributed by atoms with Gasteiger partial charge in [0.05, 0.1) is 10.7 Å². The Bertz CT molecular complexity index is 558. The maximum atomic E-state index is 4.61. The van der Waals surface area contributed by atoms with Crippen LogP contribution in [-0.4, -0.2) is 19.1 Å². The van der Waals surface area contributed by atoms with Crippen molar-refractivity contribution in [2.75, 3.05) is 19.0 Å². The molecule has 4 heteroatoms. The molecule has 0 saturated heterocycles. The van der Waals surface area contributed by atoms with Crippen molar-refractivity contribution in [1.29, 1.82) is 0 Å². The second-order valence-corrected chi connectivity index (χ2v) is 6.75. The number of hydrogen-bond acceptors (Lipinski definition) is 4. The van der Waals surface area contributed by atoms with E-state index in [0.29, 0.717) is 0 Å². The zero-order valence-corrected chi connectivity index (χ0v) is 13.7. The minimum absolute atomic E-state index is 0.286. The van der Waals surface area contributed by atoms with Gasteiger partial charge in [0.1, 0.15) is 0 Å². The van der Waals surface area contributed by atoms with Gasteiger partial charge in [0.2, 0.25) is 0 Å². The standard InChI is InChI=1S/C16H23N3S/c1-11(16-12(2)20-13(3)18-16)17-10-14-6-8-15(9-7-14)19(4)5/h6-9,11,17H,10H2,1-5H3. The molecular formula is C16H23N3S. The molecular weight excluding hydrogens is 266 g/mol. The van der Waals surface area contributed by atoms with Crippen LogP contribution in [0.1, 0.15) is 34.1 Å². The van der Waals surface area contributed by atoms with E-state index in [0.717, 1.165) is 11.6 Å². The Morgan fingerprint density at radius 3 is 2.35 bits per heavy atom. The molecule has 20 heavy (non-hydrogen) atoms. The highest BCUT2D eigenvalue weighted by Gasteiger charge is 2.12. The summed E-state index contributed by atoms with van der Waals surface area (Å²) in [4.78, 5) is 8.03. The fourth-order valence-corrected chi connectivity index (χ4v) is 3.14. The van der Waals surface area contributed by atoms with Crippen LogP contribution >= 0.6 is 11.3 Å². The lowest BCUT2D eigenvalue weighted by Crippen LogP contribution is -2.19. The molecule has 0 radical (unpaired) electrons. The molecule has 0 aliphatic carbocycles. The molecule has 2 aromatic rings. The van der Waals surface area contributed by atoms with Gasteiger partial charge < -0.3 is 10.2 Å². The lowest BCUT2D eigenvalue weighted by atomic mass is 10.1. The van der Waals surface area contributed by atoms with Crippen molar-refractivity contribution in [2.45, 2.75) is 33.4 Å². The molecule has 0 fully saturated rings. The van der Waals surface area contributed by atoms with Crippen molar-refractivity contribution in [2.24, 2.45) is 0 Å². The van der Waals surface area contributed by atoms with Crippen molar-refractivity contribution in [3.8, 4) is 0 Å². The summed E-state index contributed by atoms with van der Waals surface area (Å²) < 4.78 is 0. The van der Waals surface area contributed by atoms with Gasteiger partial charge in [-0.2, -0.15) is 0 Å². The average Bonchev–Trinajstić information content (AvgIpc) is 2.75. The van der Waals surface area contributed by atoms with Gasteiger partial charge in [-0.15, -0.1) is 11.3 Å². The smallest absolute Gasteiger partial charge is 0.0900 e. The molecule has 3 nitrogen and oxygen atoms in total. The largest absolute Gasteiger partial charge is 0.378 e. The third-order valence-electron chi connectivity index (χ3n) is 3.41. The van der Waals surface area contributed by atoms with E-state index >= 15 is 0 Å². The summed E-state index contributed by atoms with van der Waals surface area (Å²) in [5.41, 5.74) is 3.71. The zero-order chi connectivity index (χ0) is 14.7. The van der Waals surface area contributed by atoms with Crippen molar-refractivity contribution in [3.05, 3.63) is 45.4 Å². The lowest BCUT2D eigenvalue weighted by Gasteiger charge is -2.15. The van der Waals surface area contributed by atoms with Crippen LogP contribution < -0.4 is 10.2 Å². The number of aromatic nitrogens is 1. The van der Waals surface area contributed by atoms with Crippen LogP contribution in [0.3, 0.4) is 0 Å². The Hall–Kier alpha value is -1.39. The molecule has 1 atom stereocenters. The SMILES string of the molecule is Cc1nc(C(C)NCc2ccc(N(C)C)cc2)c(C)s1. The topological polar surface area (TPSA) is 28.2 Å². The first kappa shape index (κ1) is 15.0. The summed E-state index contributed by atoms with van der Waals surface area (Å²) in [5.74, 6) is 0. The highest BCUT2D eigenvalue weighted by atomic mass is 32.1. The monoisotopic (exact) mass is 289 g/mol. The average molecular weight is 289 g/mol. The Morgan fingerprint density at radius 1 is 1.20 bits per heavy atom.